The SMILES string of the molecule is Cc1ccc2cc(-c3noc(CCC(=O)NC4CCCCC4)n3)c(=O)[nH]c2c1. The zero-order valence-corrected chi connectivity index (χ0v) is 16.0. The van der Waals surface area contributed by atoms with Crippen LogP contribution in [0.25, 0.3) is 22.3 Å². The van der Waals surface area contributed by atoms with E-state index >= 15 is 0 Å². The van der Waals surface area contributed by atoms with Gasteiger partial charge in [0.05, 0.1) is 5.56 Å². The number of carbonyl (C=O) groups is 1. The molecule has 146 valence electrons. The second-order valence-electron chi connectivity index (χ2n) is 7.52. The Morgan fingerprint density at radius 2 is 2.07 bits per heavy atom. The van der Waals surface area contributed by atoms with Crippen LogP contribution in [0.3, 0.4) is 0 Å². The van der Waals surface area contributed by atoms with Gasteiger partial charge in [0.25, 0.3) is 5.56 Å². The molecule has 0 spiro atoms. The van der Waals surface area contributed by atoms with Crippen molar-refractivity contribution in [2.45, 2.75) is 57.9 Å². The van der Waals surface area contributed by atoms with Crippen LogP contribution >= 0.6 is 0 Å². The number of hydrogen-bond acceptors (Lipinski definition) is 5. The molecule has 2 heterocycles. The lowest BCUT2D eigenvalue weighted by Crippen LogP contribution is -2.36. The molecular weight excluding hydrogens is 356 g/mol. The summed E-state index contributed by atoms with van der Waals surface area (Å²) >= 11 is 0. The molecule has 0 bridgehead atoms. The number of benzene rings is 1. The van der Waals surface area contributed by atoms with Gasteiger partial charge in [-0.15, -0.1) is 0 Å². The zero-order valence-electron chi connectivity index (χ0n) is 16.0. The standard InChI is InChI=1S/C21H24N4O3/c1-13-7-8-14-12-16(21(27)23-17(14)11-13)20-24-19(28-25-20)10-9-18(26)22-15-5-3-2-4-6-15/h7-8,11-12,15H,2-6,9-10H2,1H3,(H,22,26)(H,23,27). The normalized spacial score (nSPS) is 15.0. The summed E-state index contributed by atoms with van der Waals surface area (Å²) in [6, 6.07) is 7.90. The van der Waals surface area contributed by atoms with Crippen molar-refractivity contribution in [1.29, 1.82) is 0 Å². The van der Waals surface area contributed by atoms with E-state index in [2.05, 4.69) is 20.4 Å². The van der Waals surface area contributed by atoms with Gasteiger partial charge in [0, 0.05) is 24.4 Å². The number of nitrogens with one attached hydrogen (secondary N) is 2. The quantitative estimate of drug-likeness (QED) is 0.707. The second-order valence-corrected chi connectivity index (χ2v) is 7.52. The van der Waals surface area contributed by atoms with Crippen molar-refractivity contribution < 1.29 is 9.32 Å². The number of nitrogens with zero attached hydrogens (tertiary/aromatic N) is 2. The Balaban J connectivity index is 1.43. The second kappa shape index (κ2) is 7.96. The smallest absolute Gasteiger partial charge is 0.259 e. The van der Waals surface area contributed by atoms with E-state index in [1.165, 1.54) is 19.3 Å². The molecule has 0 aliphatic heterocycles. The molecule has 28 heavy (non-hydrogen) atoms. The van der Waals surface area contributed by atoms with Gasteiger partial charge in [0.1, 0.15) is 0 Å². The first-order valence-corrected chi connectivity index (χ1v) is 9.84. The fraction of sp³-hybridized carbons (Fsp3) is 0.429. The summed E-state index contributed by atoms with van der Waals surface area (Å²) in [7, 11) is 0. The molecule has 1 aliphatic rings. The minimum atomic E-state index is -0.263. The van der Waals surface area contributed by atoms with Crippen molar-refractivity contribution in [3.63, 3.8) is 0 Å². The Bertz CT molecular complexity index is 1050. The van der Waals surface area contributed by atoms with Crippen LogP contribution in [0.1, 0.15) is 50.0 Å². The minimum absolute atomic E-state index is 0.00516. The number of rotatable bonds is 5. The molecule has 2 aromatic heterocycles. The molecule has 4 rings (SSSR count). The van der Waals surface area contributed by atoms with Crippen LogP contribution in [0.4, 0.5) is 0 Å². The lowest BCUT2D eigenvalue weighted by Gasteiger charge is -2.22. The van der Waals surface area contributed by atoms with Gasteiger partial charge in [-0.25, -0.2) is 0 Å². The summed E-state index contributed by atoms with van der Waals surface area (Å²) < 4.78 is 5.25. The number of aromatic nitrogens is 3. The molecule has 1 saturated carbocycles. The predicted molar refractivity (Wildman–Crippen MR) is 106 cm³/mol. The molecule has 0 atom stereocenters. The van der Waals surface area contributed by atoms with E-state index in [-0.39, 0.29) is 17.3 Å². The average molecular weight is 380 g/mol. The van der Waals surface area contributed by atoms with Crippen LogP contribution in [0.15, 0.2) is 33.6 Å². The van der Waals surface area contributed by atoms with Crippen molar-refractivity contribution in [1.82, 2.24) is 20.4 Å². The molecule has 1 aliphatic carbocycles. The van der Waals surface area contributed by atoms with Crippen molar-refractivity contribution in [2.75, 3.05) is 0 Å². The first-order valence-electron chi connectivity index (χ1n) is 9.84. The molecule has 7 nitrogen and oxygen atoms in total. The van der Waals surface area contributed by atoms with Gasteiger partial charge < -0.3 is 14.8 Å². The highest BCUT2D eigenvalue weighted by Gasteiger charge is 2.17. The average Bonchev–Trinajstić information content (AvgIpc) is 3.15. The van der Waals surface area contributed by atoms with E-state index in [0.717, 1.165) is 29.3 Å². The Hall–Kier alpha value is -2.96. The fourth-order valence-corrected chi connectivity index (χ4v) is 3.71. The third-order valence-electron chi connectivity index (χ3n) is 5.25. The van der Waals surface area contributed by atoms with Crippen LogP contribution in [0.2, 0.25) is 0 Å². The Morgan fingerprint density at radius 1 is 1.25 bits per heavy atom. The molecule has 0 unspecified atom stereocenters. The topological polar surface area (TPSA) is 101 Å². The van der Waals surface area contributed by atoms with Crippen molar-refractivity contribution in [2.24, 2.45) is 0 Å². The highest BCUT2D eigenvalue weighted by atomic mass is 16.5. The minimum Gasteiger partial charge on any atom is -0.353 e. The van der Waals surface area contributed by atoms with E-state index in [1.54, 1.807) is 6.07 Å². The summed E-state index contributed by atoms with van der Waals surface area (Å²) in [5.41, 5.74) is 1.94. The molecule has 1 amide bonds. The lowest BCUT2D eigenvalue weighted by molar-refractivity contribution is -0.122. The highest BCUT2D eigenvalue weighted by molar-refractivity contribution is 5.82. The molecular formula is C21H24N4O3. The maximum Gasteiger partial charge on any atom is 0.259 e. The molecule has 0 radical (unpaired) electrons. The summed E-state index contributed by atoms with van der Waals surface area (Å²) in [4.78, 5) is 31.7. The molecule has 7 heteroatoms. The van der Waals surface area contributed by atoms with Gasteiger partial charge in [-0.3, -0.25) is 9.59 Å². The number of fused-ring (bicyclic) bond motifs is 1. The van der Waals surface area contributed by atoms with E-state index in [0.29, 0.717) is 30.3 Å². The Kier molecular flexibility index (Phi) is 5.23. The molecule has 0 saturated heterocycles. The number of H-pyrrole nitrogens is 1. The van der Waals surface area contributed by atoms with E-state index in [9.17, 15) is 9.59 Å². The van der Waals surface area contributed by atoms with Crippen LogP contribution in [-0.4, -0.2) is 27.1 Å². The summed E-state index contributed by atoms with van der Waals surface area (Å²) in [6.07, 6.45) is 6.38. The third kappa shape index (κ3) is 4.13. The number of hydrogen-bond donors (Lipinski definition) is 2. The van der Waals surface area contributed by atoms with Gasteiger partial charge in [0.15, 0.2) is 0 Å². The number of amides is 1. The third-order valence-corrected chi connectivity index (χ3v) is 5.25. The monoisotopic (exact) mass is 380 g/mol. The number of aryl methyl sites for hydroxylation is 2. The maximum atomic E-state index is 12.4. The van der Waals surface area contributed by atoms with Crippen molar-refractivity contribution in [3.8, 4) is 11.4 Å². The zero-order chi connectivity index (χ0) is 19.5. The molecule has 2 N–H and O–H groups in total. The number of carbonyl (C=O) groups excluding carboxylic acids is 1. The maximum absolute atomic E-state index is 12.4. The first kappa shape index (κ1) is 18.4. The van der Waals surface area contributed by atoms with Crippen LogP contribution in [0.5, 0.6) is 0 Å². The summed E-state index contributed by atoms with van der Waals surface area (Å²) in [5, 5.41) is 7.91. The van der Waals surface area contributed by atoms with Gasteiger partial charge in [-0.1, -0.05) is 36.6 Å². The van der Waals surface area contributed by atoms with Gasteiger partial charge in [0.2, 0.25) is 17.6 Å². The van der Waals surface area contributed by atoms with Crippen LogP contribution in [-0.2, 0) is 11.2 Å². The number of pyridine rings is 1. The van der Waals surface area contributed by atoms with Gasteiger partial charge in [-0.2, -0.15) is 4.98 Å². The number of aromatic amines is 1. The molecule has 3 aromatic rings. The molecule has 1 aromatic carbocycles. The Labute approximate surface area is 162 Å². The summed E-state index contributed by atoms with van der Waals surface area (Å²) in [6.45, 7) is 1.97. The largest absolute Gasteiger partial charge is 0.353 e. The predicted octanol–water partition coefficient (Wildman–Crippen LogP) is 3.27. The fourth-order valence-electron chi connectivity index (χ4n) is 3.71. The lowest BCUT2D eigenvalue weighted by atomic mass is 9.95. The van der Waals surface area contributed by atoms with E-state index < -0.39 is 0 Å². The van der Waals surface area contributed by atoms with Gasteiger partial charge in [-0.05, 0) is 42.8 Å². The van der Waals surface area contributed by atoms with Crippen molar-refractivity contribution >= 4 is 16.8 Å². The molecule has 1 fully saturated rings. The van der Waals surface area contributed by atoms with Crippen molar-refractivity contribution in [3.05, 3.63) is 46.1 Å². The van der Waals surface area contributed by atoms with Gasteiger partial charge >= 0.3 is 0 Å². The first-order chi connectivity index (χ1) is 13.6. The van der Waals surface area contributed by atoms with Crippen LogP contribution in [0, 0.1) is 6.92 Å². The Morgan fingerprint density at radius 3 is 2.89 bits per heavy atom. The summed E-state index contributed by atoms with van der Waals surface area (Å²) in [5.74, 6) is 0.606. The van der Waals surface area contributed by atoms with E-state index in [1.807, 2.05) is 25.1 Å². The van der Waals surface area contributed by atoms with E-state index in [4.69, 9.17) is 4.52 Å². The van der Waals surface area contributed by atoms with Crippen LogP contribution < -0.4 is 10.9 Å². The highest BCUT2D eigenvalue weighted by Crippen LogP contribution is 2.19.